The van der Waals surface area contributed by atoms with Crippen LogP contribution in [0.1, 0.15) is 15.9 Å². The zero-order valence-electron chi connectivity index (χ0n) is 9.11. The van der Waals surface area contributed by atoms with E-state index in [1.807, 2.05) is 0 Å². The lowest BCUT2D eigenvalue weighted by molar-refractivity contribution is 0.102. The Hall–Kier alpha value is -2.16. The van der Waals surface area contributed by atoms with Crippen LogP contribution in [0.2, 0.25) is 0 Å². The van der Waals surface area contributed by atoms with Crippen LogP contribution < -0.4 is 5.32 Å². The normalized spacial score (nSPS) is 10.0. The van der Waals surface area contributed by atoms with Gasteiger partial charge in [0.05, 0.1) is 5.69 Å². The maximum Gasteiger partial charge on any atom is 0.256 e. The van der Waals surface area contributed by atoms with Gasteiger partial charge < -0.3 is 5.32 Å². The minimum absolute atomic E-state index is 0.167. The summed E-state index contributed by atoms with van der Waals surface area (Å²) in [6.07, 6.45) is 0. The second kappa shape index (κ2) is 4.78. The summed E-state index contributed by atoms with van der Waals surface area (Å²) in [5, 5.41) is 2.51. The van der Waals surface area contributed by atoms with Crippen molar-refractivity contribution < 1.29 is 9.18 Å². The molecule has 2 nitrogen and oxygen atoms in total. The summed E-state index contributed by atoms with van der Waals surface area (Å²) in [5.41, 5.74) is 1.22. The molecule has 0 fully saturated rings. The monoisotopic (exact) mass is 228 g/mol. The van der Waals surface area contributed by atoms with E-state index in [4.69, 9.17) is 0 Å². The first-order valence-corrected chi connectivity index (χ1v) is 5.15. The van der Waals surface area contributed by atoms with Gasteiger partial charge in [-0.05, 0) is 30.7 Å². The van der Waals surface area contributed by atoms with Gasteiger partial charge in [0.1, 0.15) is 5.82 Å². The third-order valence-electron chi connectivity index (χ3n) is 2.38. The molecule has 85 valence electrons. The van der Waals surface area contributed by atoms with Crippen molar-refractivity contribution in [1.82, 2.24) is 0 Å². The summed E-state index contributed by atoms with van der Waals surface area (Å²) in [6.45, 7) is 3.75. The van der Waals surface area contributed by atoms with Crippen molar-refractivity contribution in [3.05, 3.63) is 72.4 Å². The number of amides is 1. The first-order valence-electron chi connectivity index (χ1n) is 5.15. The Labute approximate surface area is 99.1 Å². The number of halogens is 1. The van der Waals surface area contributed by atoms with Crippen LogP contribution in [0.5, 0.6) is 0 Å². The average molecular weight is 228 g/mol. The molecule has 0 aliphatic rings. The largest absolute Gasteiger partial charge is 0.319 e. The van der Waals surface area contributed by atoms with Gasteiger partial charge in [0.15, 0.2) is 0 Å². The van der Waals surface area contributed by atoms with Gasteiger partial charge in [-0.1, -0.05) is 30.3 Å². The van der Waals surface area contributed by atoms with Crippen molar-refractivity contribution in [2.75, 3.05) is 5.32 Å². The van der Waals surface area contributed by atoms with Crippen LogP contribution in [0.4, 0.5) is 10.1 Å². The fraction of sp³-hybridized carbons (Fsp3) is 0. The van der Waals surface area contributed by atoms with E-state index >= 15 is 0 Å². The Balaban J connectivity index is 2.24. The number of anilines is 1. The molecule has 0 saturated carbocycles. The van der Waals surface area contributed by atoms with E-state index in [0.717, 1.165) is 0 Å². The van der Waals surface area contributed by atoms with Gasteiger partial charge >= 0.3 is 0 Å². The van der Waals surface area contributed by atoms with E-state index < -0.39 is 5.82 Å². The minimum Gasteiger partial charge on any atom is -0.319 e. The standard InChI is InChI=1S/C14H11FNO/c1-10-6-2-3-7-11(10)14(17)16-13-9-5-4-8-12(13)15/h2-9H,1H2,(H,16,17). The van der Waals surface area contributed by atoms with Crippen molar-refractivity contribution in [2.24, 2.45) is 0 Å². The molecule has 0 aliphatic carbocycles. The van der Waals surface area contributed by atoms with Crippen LogP contribution in [-0.2, 0) is 0 Å². The molecule has 0 atom stereocenters. The quantitative estimate of drug-likeness (QED) is 0.839. The SMILES string of the molecule is [CH2]c1ccccc1C(=O)Nc1ccccc1F. The van der Waals surface area contributed by atoms with Gasteiger partial charge in [-0.2, -0.15) is 0 Å². The molecule has 0 spiro atoms. The van der Waals surface area contributed by atoms with Gasteiger partial charge in [-0.25, -0.2) is 4.39 Å². The Morgan fingerprint density at radius 3 is 2.41 bits per heavy atom. The maximum absolute atomic E-state index is 13.3. The predicted molar refractivity (Wildman–Crippen MR) is 65.3 cm³/mol. The van der Waals surface area contributed by atoms with Crippen molar-refractivity contribution in [1.29, 1.82) is 0 Å². The van der Waals surface area contributed by atoms with Crippen LogP contribution in [0.3, 0.4) is 0 Å². The van der Waals surface area contributed by atoms with E-state index in [0.29, 0.717) is 11.1 Å². The Kier molecular flexibility index (Phi) is 3.19. The van der Waals surface area contributed by atoms with Crippen molar-refractivity contribution >= 4 is 11.6 Å². The van der Waals surface area contributed by atoms with Gasteiger partial charge in [0.2, 0.25) is 0 Å². The Morgan fingerprint density at radius 2 is 1.71 bits per heavy atom. The molecule has 2 aromatic carbocycles. The molecule has 0 bridgehead atoms. The van der Waals surface area contributed by atoms with Gasteiger partial charge in [-0.3, -0.25) is 4.79 Å². The van der Waals surface area contributed by atoms with Crippen LogP contribution in [0, 0.1) is 12.7 Å². The summed E-state index contributed by atoms with van der Waals surface area (Å²) >= 11 is 0. The smallest absolute Gasteiger partial charge is 0.256 e. The molecular weight excluding hydrogens is 217 g/mol. The maximum atomic E-state index is 13.3. The molecule has 1 radical (unpaired) electrons. The molecule has 0 aromatic heterocycles. The molecule has 0 unspecified atom stereocenters. The zero-order valence-corrected chi connectivity index (χ0v) is 9.11. The molecule has 17 heavy (non-hydrogen) atoms. The average Bonchev–Trinajstić information content (AvgIpc) is 2.32. The number of rotatable bonds is 2. The Morgan fingerprint density at radius 1 is 1.06 bits per heavy atom. The summed E-state index contributed by atoms with van der Waals surface area (Å²) in [7, 11) is 0. The molecule has 0 saturated heterocycles. The van der Waals surface area contributed by atoms with Gasteiger partial charge in [0.25, 0.3) is 5.91 Å². The van der Waals surface area contributed by atoms with E-state index in [1.54, 1.807) is 36.4 Å². The lowest BCUT2D eigenvalue weighted by atomic mass is 10.1. The molecular formula is C14H11FNO. The lowest BCUT2D eigenvalue weighted by Crippen LogP contribution is -2.14. The second-order valence-electron chi connectivity index (χ2n) is 3.59. The highest BCUT2D eigenvalue weighted by molar-refractivity contribution is 6.05. The third kappa shape index (κ3) is 2.50. The number of para-hydroxylation sites is 1. The number of carbonyl (C=O) groups is 1. The number of carbonyl (C=O) groups excluding carboxylic acids is 1. The predicted octanol–water partition coefficient (Wildman–Crippen LogP) is 3.26. The summed E-state index contributed by atoms with van der Waals surface area (Å²) < 4.78 is 13.3. The summed E-state index contributed by atoms with van der Waals surface area (Å²) in [4.78, 5) is 11.9. The molecule has 2 rings (SSSR count). The molecule has 1 N–H and O–H groups in total. The van der Waals surface area contributed by atoms with Gasteiger partial charge in [0, 0.05) is 5.56 Å². The highest BCUT2D eigenvalue weighted by Crippen LogP contribution is 2.15. The van der Waals surface area contributed by atoms with E-state index in [1.165, 1.54) is 12.1 Å². The van der Waals surface area contributed by atoms with Gasteiger partial charge in [-0.15, -0.1) is 0 Å². The molecule has 3 heteroatoms. The van der Waals surface area contributed by atoms with Crippen LogP contribution in [-0.4, -0.2) is 5.91 Å². The van der Waals surface area contributed by atoms with E-state index in [2.05, 4.69) is 12.2 Å². The fourth-order valence-corrected chi connectivity index (χ4v) is 1.49. The van der Waals surface area contributed by atoms with E-state index in [-0.39, 0.29) is 11.6 Å². The summed E-state index contributed by atoms with van der Waals surface area (Å²) in [5.74, 6) is -0.817. The topological polar surface area (TPSA) is 29.1 Å². The Bertz CT molecular complexity index is 551. The minimum atomic E-state index is -0.456. The molecule has 1 amide bonds. The molecule has 0 heterocycles. The highest BCUT2D eigenvalue weighted by atomic mass is 19.1. The third-order valence-corrected chi connectivity index (χ3v) is 2.38. The van der Waals surface area contributed by atoms with Crippen molar-refractivity contribution in [3.63, 3.8) is 0 Å². The fourth-order valence-electron chi connectivity index (χ4n) is 1.49. The van der Waals surface area contributed by atoms with E-state index in [9.17, 15) is 9.18 Å². The lowest BCUT2D eigenvalue weighted by Gasteiger charge is -2.07. The number of hydrogen-bond acceptors (Lipinski definition) is 1. The van der Waals surface area contributed by atoms with Crippen molar-refractivity contribution in [2.45, 2.75) is 0 Å². The van der Waals surface area contributed by atoms with Crippen LogP contribution in [0.15, 0.2) is 48.5 Å². The second-order valence-corrected chi connectivity index (χ2v) is 3.59. The molecule has 0 aliphatic heterocycles. The number of hydrogen-bond donors (Lipinski definition) is 1. The number of nitrogens with one attached hydrogen (secondary N) is 1. The van der Waals surface area contributed by atoms with Crippen molar-refractivity contribution in [3.8, 4) is 0 Å². The molecule has 2 aromatic rings. The highest BCUT2D eigenvalue weighted by Gasteiger charge is 2.10. The first-order chi connectivity index (χ1) is 8.18. The van der Waals surface area contributed by atoms with Crippen LogP contribution >= 0.6 is 0 Å². The zero-order chi connectivity index (χ0) is 12.3. The first kappa shape index (κ1) is 11.3. The number of benzene rings is 2. The van der Waals surface area contributed by atoms with Crippen LogP contribution in [0.25, 0.3) is 0 Å². The summed E-state index contributed by atoms with van der Waals surface area (Å²) in [6, 6.07) is 13.0.